The van der Waals surface area contributed by atoms with Gasteiger partial charge in [0.1, 0.15) is 5.82 Å². The molecule has 0 fully saturated rings. The Morgan fingerprint density at radius 1 is 1.04 bits per heavy atom. The van der Waals surface area contributed by atoms with Crippen molar-refractivity contribution in [1.82, 2.24) is 4.98 Å². The predicted octanol–water partition coefficient (Wildman–Crippen LogP) is 6.01. The molecule has 4 aromatic rings. The average molecular weight is 383 g/mol. The lowest BCUT2D eigenvalue weighted by molar-refractivity contribution is 0.102. The van der Waals surface area contributed by atoms with Gasteiger partial charge in [-0.3, -0.25) is 10.1 Å². The maximum absolute atomic E-state index is 13.9. The predicted molar refractivity (Wildman–Crippen MR) is 104 cm³/mol. The summed E-state index contributed by atoms with van der Waals surface area (Å²) in [6.45, 7) is 0. The Labute approximate surface area is 158 Å². The zero-order chi connectivity index (χ0) is 18.1. The molecule has 6 heteroatoms. The summed E-state index contributed by atoms with van der Waals surface area (Å²) < 4.78 is 13.9. The molecule has 3 aromatic carbocycles. The van der Waals surface area contributed by atoms with Crippen LogP contribution < -0.4 is 5.32 Å². The van der Waals surface area contributed by atoms with Crippen molar-refractivity contribution in [2.45, 2.75) is 0 Å². The Morgan fingerprint density at radius 2 is 1.85 bits per heavy atom. The van der Waals surface area contributed by atoms with Crippen molar-refractivity contribution in [1.29, 1.82) is 0 Å². The minimum Gasteiger partial charge on any atom is -0.298 e. The number of carbonyl (C=O) groups is 1. The van der Waals surface area contributed by atoms with Crippen LogP contribution in [0.15, 0.2) is 66.0 Å². The van der Waals surface area contributed by atoms with Crippen molar-refractivity contribution in [3.05, 3.63) is 82.4 Å². The molecule has 0 aliphatic rings. The number of thiazole rings is 1. The first kappa shape index (κ1) is 16.7. The van der Waals surface area contributed by atoms with E-state index in [2.05, 4.69) is 10.3 Å². The number of benzene rings is 3. The first-order valence-electron chi connectivity index (χ1n) is 7.82. The third-order valence-electron chi connectivity index (χ3n) is 3.96. The molecule has 0 aliphatic heterocycles. The SMILES string of the molecule is O=C(Nc1nc(-c2ccc3ccccc3c2)cs1)c1c(F)cccc1Cl. The molecule has 3 nitrogen and oxygen atoms in total. The van der Waals surface area contributed by atoms with Crippen LogP contribution in [0, 0.1) is 5.82 Å². The molecular weight excluding hydrogens is 371 g/mol. The molecule has 0 radical (unpaired) electrons. The van der Waals surface area contributed by atoms with Crippen LogP contribution >= 0.6 is 22.9 Å². The van der Waals surface area contributed by atoms with Crippen molar-refractivity contribution in [2.24, 2.45) is 0 Å². The standard InChI is InChI=1S/C20H12ClFN2OS/c21-15-6-3-7-16(22)18(15)19(25)24-20-23-17(11-26-20)14-9-8-12-4-1-2-5-13(12)10-14/h1-11H,(H,23,24,25). The lowest BCUT2D eigenvalue weighted by atomic mass is 10.1. The van der Waals surface area contributed by atoms with E-state index in [4.69, 9.17) is 11.6 Å². The van der Waals surface area contributed by atoms with E-state index in [1.54, 1.807) is 0 Å². The molecule has 1 N–H and O–H groups in total. The zero-order valence-corrected chi connectivity index (χ0v) is 14.9. The maximum Gasteiger partial charge on any atom is 0.261 e. The fraction of sp³-hybridized carbons (Fsp3) is 0. The van der Waals surface area contributed by atoms with Gasteiger partial charge in [0, 0.05) is 10.9 Å². The number of nitrogens with zero attached hydrogens (tertiary/aromatic N) is 1. The molecule has 0 spiro atoms. The van der Waals surface area contributed by atoms with Gasteiger partial charge in [0.05, 0.1) is 16.3 Å². The van der Waals surface area contributed by atoms with Crippen LogP contribution in [-0.2, 0) is 0 Å². The molecule has 0 saturated heterocycles. The van der Waals surface area contributed by atoms with Crippen LogP contribution in [0.5, 0.6) is 0 Å². The first-order chi connectivity index (χ1) is 12.6. The molecule has 1 heterocycles. The minimum absolute atomic E-state index is 0.0637. The van der Waals surface area contributed by atoms with Gasteiger partial charge in [-0.15, -0.1) is 11.3 Å². The van der Waals surface area contributed by atoms with Crippen molar-refractivity contribution in [2.75, 3.05) is 5.32 Å². The molecule has 0 saturated carbocycles. The van der Waals surface area contributed by atoms with E-state index in [9.17, 15) is 9.18 Å². The average Bonchev–Trinajstić information content (AvgIpc) is 3.09. The van der Waals surface area contributed by atoms with Gasteiger partial charge in [-0.25, -0.2) is 9.37 Å². The van der Waals surface area contributed by atoms with Crippen LogP contribution in [0.25, 0.3) is 22.0 Å². The summed E-state index contributed by atoms with van der Waals surface area (Å²) in [5.41, 5.74) is 1.51. The van der Waals surface area contributed by atoms with Gasteiger partial charge in [0.15, 0.2) is 5.13 Å². The molecule has 0 bridgehead atoms. The highest BCUT2D eigenvalue weighted by atomic mass is 35.5. The number of carbonyl (C=O) groups excluding carboxylic acids is 1. The minimum atomic E-state index is -0.665. The van der Waals surface area contributed by atoms with E-state index in [1.165, 1.54) is 29.5 Å². The van der Waals surface area contributed by atoms with Crippen LogP contribution in [0.4, 0.5) is 9.52 Å². The Morgan fingerprint density at radius 3 is 2.65 bits per heavy atom. The number of hydrogen-bond acceptors (Lipinski definition) is 3. The van der Waals surface area contributed by atoms with E-state index in [-0.39, 0.29) is 10.6 Å². The lowest BCUT2D eigenvalue weighted by Gasteiger charge is -2.05. The van der Waals surface area contributed by atoms with E-state index in [1.807, 2.05) is 47.8 Å². The normalized spacial score (nSPS) is 10.8. The number of hydrogen-bond donors (Lipinski definition) is 1. The summed E-state index contributed by atoms with van der Waals surface area (Å²) in [7, 11) is 0. The third kappa shape index (κ3) is 3.19. The first-order valence-corrected chi connectivity index (χ1v) is 9.07. The topological polar surface area (TPSA) is 42.0 Å². The highest BCUT2D eigenvalue weighted by molar-refractivity contribution is 7.14. The van der Waals surface area contributed by atoms with Gasteiger partial charge in [0.25, 0.3) is 5.91 Å². The Bertz CT molecular complexity index is 1110. The second-order valence-corrected chi connectivity index (χ2v) is 6.92. The summed E-state index contributed by atoms with van der Waals surface area (Å²) in [4.78, 5) is 16.7. The number of nitrogens with one attached hydrogen (secondary N) is 1. The maximum atomic E-state index is 13.9. The smallest absolute Gasteiger partial charge is 0.261 e. The molecule has 0 aliphatic carbocycles. The molecule has 0 atom stereocenters. The Hall–Kier alpha value is -2.76. The van der Waals surface area contributed by atoms with E-state index < -0.39 is 11.7 Å². The number of anilines is 1. The summed E-state index contributed by atoms with van der Waals surface area (Å²) in [6, 6.07) is 18.2. The number of aromatic nitrogens is 1. The van der Waals surface area contributed by atoms with Gasteiger partial charge >= 0.3 is 0 Å². The Balaban J connectivity index is 1.60. The number of fused-ring (bicyclic) bond motifs is 1. The highest BCUT2D eigenvalue weighted by Crippen LogP contribution is 2.28. The van der Waals surface area contributed by atoms with Gasteiger partial charge in [-0.1, -0.05) is 54.1 Å². The van der Waals surface area contributed by atoms with Gasteiger partial charge in [0.2, 0.25) is 0 Å². The summed E-state index contributed by atoms with van der Waals surface area (Å²) in [6.07, 6.45) is 0. The second-order valence-electron chi connectivity index (χ2n) is 5.65. The highest BCUT2D eigenvalue weighted by Gasteiger charge is 2.17. The van der Waals surface area contributed by atoms with Crippen molar-refractivity contribution < 1.29 is 9.18 Å². The monoisotopic (exact) mass is 382 g/mol. The van der Waals surface area contributed by atoms with Crippen LogP contribution in [0.1, 0.15) is 10.4 Å². The van der Waals surface area contributed by atoms with Crippen molar-refractivity contribution >= 4 is 44.7 Å². The number of halogens is 2. The van der Waals surface area contributed by atoms with Gasteiger partial charge < -0.3 is 0 Å². The van der Waals surface area contributed by atoms with Crippen LogP contribution in [-0.4, -0.2) is 10.9 Å². The Kier molecular flexibility index (Phi) is 4.41. The number of rotatable bonds is 3. The number of amides is 1. The largest absolute Gasteiger partial charge is 0.298 e. The molecular formula is C20H12ClFN2OS. The molecule has 26 heavy (non-hydrogen) atoms. The third-order valence-corrected chi connectivity index (χ3v) is 5.03. The van der Waals surface area contributed by atoms with E-state index in [0.717, 1.165) is 22.0 Å². The fourth-order valence-corrected chi connectivity index (χ4v) is 3.65. The molecule has 4 rings (SSSR count). The summed E-state index contributed by atoms with van der Waals surface area (Å²) in [5, 5.41) is 7.17. The quantitative estimate of drug-likeness (QED) is 0.471. The summed E-state index contributed by atoms with van der Waals surface area (Å²) in [5.74, 6) is -1.28. The molecule has 1 amide bonds. The van der Waals surface area contributed by atoms with Crippen LogP contribution in [0.3, 0.4) is 0 Å². The summed E-state index contributed by atoms with van der Waals surface area (Å²) >= 11 is 7.21. The van der Waals surface area contributed by atoms with Crippen LogP contribution in [0.2, 0.25) is 5.02 Å². The fourth-order valence-electron chi connectivity index (χ4n) is 2.69. The van der Waals surface area contributed by atoms with E-state index in [0.29, 0.717) is 5.13 Å². The molecule has 1 aromatic heterocycles. The van der Waals surface area contributed by atoms with E-state index >= 15 is 0 Å². The zero-order valence-electron chi connectivity index (χ0n) is 13.4. The second kappa shape index (κ2) is 6.86. The van der Waals surface area contributed by atoms with Crippen molar-refractivity contribution in [3.8, 4) is 11.3 Å². The van der Waals surface area contributed by atoms with Crippen molar-refractivity contribution in [3.63, 3.8) is 0 Å². The van der Waals surface area contributed by atoms with Gasteiger partial charge in [-0.05, 0) is 29.0 Å². The molecule has 0 unspecified atom stereocenters. The molecule has 128 valence electrons. The lowest BCUT2D eigenvalue weighted by Crippen LogP contribution is -2.14. The van der Waals surface area contributed by atoms with Gasteiger partial charge in [-0.2, -0.15) is 0 Å².